The predicted octanol–water partition coefficient (Wildman–Crippen LogP) is 4.82. The van der Waals surface area contributed by atoms with Crippen LogP contribution in [0.3, 0.4) is 0 Å². The van der Waals surface area contributed by atoms with E-state index < -0.39 is 0 Å². The van der Waals surface area contributed by atoms with E-state index >= 15 is 0 Å². The van der Waals surface area contributed by atoms with E-state index in [4.69, 9.17) is 9.97 Å². The molecule has 0 radical (unpaired) electrons. The Balaban J connectivity index is 1.41. The van der Waals surface area contributed by atoms with Crippen molar-refractivity contribution >= 4 is 39.7 Å². The van der Waals surface area contributed by atoms with E-state index in [-0.39, 0.29) is 12.5 Å². The molecular formula is C25H19N7OS. The molecule has 1 amide bonds. The van der Waals surface area contributed by atoms with Crippen molar-refractivity contribution in [2.24, 2.45) is 0 Å². The second-order valence-electron chi connectivity index (χ2n) is 7.80. The van der Waals surface area contributed by atoms with Gasteiger partial charge in [0.15, 0.2) is 5.82 Å². The normalized spacial score (nSPS) is 11.3. The van der Waals surface area contributed by atoms with Gasteiger partial charge in [0.2, 0.25) is 5.91 Å². The second-order valence-corrected chi connectivity index (χ2v) is 8.66. The highest BCUT2D eigenvalue weighted by molar-refractivity contribution is 7.13. The summed E-state index contributed by atoms with van der Waals surface area (Å²) in [5, 5.41) is 3.10. The second kappa shape index (κ2) is 8.20. The topological polar surface area (TPSA) is 90.0 Å². The van der Waals surface area contributed by atoms with E-state index in [2.05, 4.69) is 15.3 Å². The number of hydrogen-bond acceptors (Lipinski definition) is 6. The molecule has 1 aromatic carbocycles. The Labute approximate surface area is 198 Å². The van der Waals surface area contributed by atoms with E-state index in [9.17, 15) is 4.79 Å². The minimum absolute atomic E-state index is 0.0970. The zero-order valence-electron chi connectivity index (χ0n) is 18.2. The molecule has 34 heavy (non-hydrogen) atoms. The Kier molecular flexibility index (Phi) is 4.88. The number of carbonyl (C=O) groups is 1. The van der Waals surface area contributed by atoms with Crippen molar-refractivity contribution in [3.05, 3.63) is 84.4 Å². The van der Waals surface area contributed by atoms with Crippen LogP contribution in [-0.4, -0.2) is 34.8 Å². The van der Waals surface area contributed by atoms with Crippen molar-refractivity contribution in [1.82, 2.24) is 28.9 Å². The lowest BCUT2D eigenvalue weighted by Crippen LogP contribution is -2.20. The molecule has 0 aliphatic carbocycles. The first-order valence-corrected chi connectivity index (χ1v) is 11.6. The molecule has 9 heteroatoms. The number of rotatable bonds is 5. The van der Waals surface area contributed by atoms with Gasteiger partial charge in [-0.05, 0) is 43.3 Å². The number of benzene rings is 1. The van der Waals surface area contributed by atoms with Gasteiger partial charge in [-0.3, -0.25) is 14.2 Å². The smallest absolute Gasteiger partial charge is 0.245 e. The monoisotopic (exact) mass is 465 g/mol. The summed E-state index contributed by atoms with van der Waals surface area (Å²) in [6.45, 7) is 2.05. The molecule has 6 aromatic rings. The number of imidazole rings is 2. The molecule has 0 saturated heterocycles. The fraction of sp³-hybridized carbons (Fsp3) is 0.0800. The number of aryl methyl sites for hydroxylation is 1. The fourth-order valence-electron chi connectivity index (χ4n) is 4.06. The summed E-state index contributed by atoms with van der Waals surface area (Å²) in [7, 11) is 0. The van der Waals surface area contributed by atoms with Gasteiger partial charge in [-0.15, -0.1) is 11.3 Å². The van der Waals surface area contributed by atoms with Crippen molar-refractivity contribution in [3.63, 3.8) is 0 Å². The lowest BCUT2D eigenvalue weighted by molar-refractivity contribution is -0.116. The first-order valence-electron chi connectivity index (χ1n) is 10.7. The predicted molar refractivity (Wildman–Crippen MR) is 133 cm³/mol. The molecule has 0 unspecified atom stereocenters. The largest absolute Gasteiger partial charge is 0.314 e. The van der Waals surface area contributed by atoms with Crippen LogP contribution in [0.1, 0.15) is 5.69 Å². The van der Waals surface area contributed by atoms with Gasteiger partial charge < -0.3 is 9.88 Å². The molecule has 0 aliphatic heterocycles. The molecule has 5 heterocycles. The van der Waals surface area contributed by atoms with Crippen LogP contribution < -0.4 is 5.32 Å². The van der Waals surface area contributed by atoms with Crippen LogP contribution in [0, 0.1) is 6.92 Å². The van der Waals surface area contributed by atoms with Crippen molar-refractivity contribution in [3.8, 4) is 22.0 Å². The minimum atomic E-state index is -0.178. The highest BCUT2D eigenvalue weighted by Crippen LogP contribution is 2.31. The van der Waals surface area contributed by atoms with Crippen LogP contribution in [0.25, 0.3) is 38.6 Å². The number of pyridine rings is 2. The van der Waals surface area contributed by atoms with Gasteiger partial charge in [0.05, 0.1) is 27.1 Å². The zero-order valence-corrected chi connectivity index (χ0v) is 19.0. The maximum atomic E-state index is 13.4. The van der Waals surface area contributed by atoms with E-state index in [1.54, 1.807) is 17.9 Å². The maximum absolute atomic E-state index is 13.4. The van der Waals surface area contributed by atoms with Gasteiger partial charge in [0.25, 0.3) is 0 Å². The summed E-state index contributed by atoms with van der Waals surface area (Å²) in [5.41, 5.74) is 6.66. The zero-order chi connectivity index (χ0) is 23.1. The van der Waals surface area contributed by atoms with Crippen LogP contribution >= 0.6 is 11.3 Å². The maximum Gasteiger partial charge on any atom is 0.245 e. The summed E-state index contributed by atoms with van der Waals surface area (Å²) in [6.07, 6.45) is 5.34. The SMILES string of the molecule is Cc1ncsc1-c1nc2ccccc2n1CC(=O)Nc1c(-c2cccnc2)nc2ccccn12. The molecule has 0 bridgehead atoms. The van der Waals surface area contributed by atoms with Crippen LogP contribution in [0.2, 0.25) is 0 Å². The van der Waals surface area contributed by atoms with Crippen molar-refractivity contribution in [1.29, 1.82) is 0 Å². The Morgan fingerprint density at radius 2 is 1.94 bits per heavy atom. The first-order chi connectivity index (χ1) is 16.7. The molecule has 0 saturated carbocycles. The molecule has 0 spiro atoms. The molecule has 166 valence electrons. The number of fused-ring (bicyclic) bond motifs is 2. The summed E-state index contributed by atoms with van der Waals surface area (Å²) >= 11 is 1.52. The number of hydrogen-bond donors (Lipinski definition) is 1. The van der Waals surface area contributed by atoms with Crippen LogP contribution in [0.5, 0.6) is 0 Å². The number of nitrogens with zero attached hydrogens (tertiary/aromatic N) is 6. The summed E-state index contributed by atoms with van der Waals surface area (Å²) in [4.78, 5) is 32.5. The van der Waals surface area contributed by atoms with Gasteiger partial charge in [0.1, 0.15) is 23.7 Å². The molecular weight excluding hydrogens is 446 g/mol. The van der Waals surface area contributed by atoms with Gasteiger partial charge in [-0.2, -0.15) is 0 Å². The lowest BCUT2D eigenvalue weighted by Gasteiger charge is -2.11. The number of anilines is 1. The molecule has 0 atom stereocenters. The Morgan fingerprint density at radius 1 is 1.06 bits per heavy atom. The fourth-order valence-corrected chi connectivity index (χ4v) is 4.86. The highest BCUT2D eigenvalue weighted by Gasteiger charge is 2.21. The summed E-state index contributed by atoms with van der Waals surface area (Å²) in [5.74, 6) is 1.16. The molecule has 6 rings (SSSR count). The van der Waals surface area contributed by atoms with E-state index in [0.717, 1.165) is 38.6 Å². The number of aromatic nitrogens is 6. The Morgan fingerprint density at radius 3 is 2.76 bits per heavy atom. The average molecular weight is 466 g/mol. The number of amides is 1. The van der Waals surface area contributed by atoms with E-state index in [1.807, 2.05) is 76.7 Å². The van der Waals surface area contributed by atoms with Gasteiger partial charge in [-0.25, -0.2) is 15.0 Å². The molecule has 0 fully saturated rings. The quantitative estimate of drug-likeness (QED) is 0.394. The van der Waals surface area contributed by atoms with E-state index in [0.29, 0.717) is 11.5 Å². The summed E-state index contributed by atoms with van der Waals surface area (Å²) < 4.78 is 3.82. The number of thiazole rings is 1. The van der Waals surface area contributed by atoms with Gasteiger partial charge in [0, 0.05) is 24.2 Å². The highest BCUT2D eigenvalue weighted by atomic mass is 32.1. The number of nitrogens with one attached hydrogen (secondary N) is 1. The molecule has 5 aromatic heterocycles. The third kappa shape index (κ3) is 3.43. The molecule has 8 nitrogen and oxygen atoms in total. The van der Waals surface area contributed by atoms with Gasteiger partial charge in [-0.1, -0.05) is 18.2 Å². The van der Waals surface area contributed by atoms with Crippen LogP contribution in [0.15, 0.2) is 78.7 Å². The average Bonchev–Trinajstić information content (AvgIpc) is 3.55. The van der Waals surface area contributed by atoms with Crippen LogP contribution in [-0.2, 0) is 11.3 Å². The Hall–Kier alpha value is -4.37. The third-order valence-electron chi connectivity index (χ3n) is 5.63. The minimum Gasteiger partial charge on any atom is -0.314 e. The van der Waals surface area contributed by atoms with Crippen molar-refractivity contribution < 1.29 is 4.79 Å². The standard InChI is InChI=1S/C25H19N7OS/c1-16-23(34-15-27-16)25-28-18-8-2-3-9-19(18)32(25)14-21(33)30-24-22(17-7-6-11-26-13-17)29-20-10-4-5-12-31(20)24/h2-13,15H,14H2,1H3,(H,30,33). The third-order valence-corrected chi connectivity index (χ3v) is 6.55. The van der Waals surface area contributed by atoms with Crippen molar-refractivity contribution in [2.45, 2.75) is 13.5 Å². The number of para-hydroxylation sites is 2. The van der Waals surface area contributed by atoms with E-state index in [1.165, 1.54) is 11.3 Å². The van der Waals surface area contributed by atoms with Crippen molar-refractivity contribution in [2.75, 3.05) is 5.32 Å². The molecule has 0 aliphatic rings. The lowest BCUT2D eigenvalue weighted by atomic mass is 10.2. The number of carbonyl (C=O) groups excluding carboxylic acids is 1. The Bertz CT molecular complexity index is 1650. The molecule has 1 N–H and O–H groups in total. The van der Waals surface area contributed by atoms with Gasteiger partial charge >= 0.3 is 0 Å². The van der Waals surface area contributed by atoms with Crippen LogP contribution in [0.4, 0.5) is 5.82 Å². The first kappa shape index (κ1) is 20.3. The summed E-state index contributed by atoms with van der Waals surface area (Å²) in [6, 6.07) is 17.3.